The average molecular weight is 285 g/mol. The number of sulfonamides is 1. The van der Waals surface area contributed by atoms with E-state index < -0.39 is 10.0 Å². The van der Waals surface area contributed by atoms with Gasteiger partial charge in [0.05, 0.1) is 11.6 Å². The molecule has 1 aliphatic carbocycles. The second kappa shape index (κ2) is 5.29. The predicted molar refractivity (Wildman–Crippen MR) is 70.7 cm³/mol. The van der Waals surface area contributed by atoms with E-state index >= 15 is 0 Å². The molecule has 0 aliphatic heterocycles. The molecule has 0 radical (unpaired) electrons. The van der Waals surface area contributed by atoms with Crippen LogP contribution in [0.1, 0.15) is 18.4 Å². The number of halogens is 1. The summed E-state index contributed by atoms with van der Waals surface area (Å²) in [5.74, 6) is 5.49. The van der Waals surface area contributed by atoms with Crippen LogP contribution in [0.5, 0.6) is 0 Å². The van der Waals surface area contributed by atoms with Gasteiger partial charge < -0.3 is 5.73 Å². The molecule has 1 fully saturated rings. The van der Waals surface area contributed by atoms with Gasteiger partial charge in [0.15, 0.2) is 0 Å². The molecule has 1 aromatic carbocycles. The third kappa shape index (κ3) is 3.24. The van der Waals surface area contributed by atoms with Crippen LogP contribution in [0.4, 0.5) is 0 Å². The molecule has 0 aromatic heterocycles. The minimum Gasteiger partial charge on any atom is -0.320 e. The van der Waals surface area contributed by atoms with Gasteiger partial charge in [0.2, 0.25) is 10.0 Å². The molecule has 2 rings (SSSR count). The summed E-state index contributed by atoms with van der Waals surface area (Å²) in [5.41, 5.74) is 5.91. The Labute approximate surface area is 112 Å². The lowest BCUT2D eigenvalue weighted by Gasteiger charge is -2.07. The van der Waals surface area contributed by atoms with Crippen molar-refractivity contribution in [2.45, 2.75) is 23.8 Å². The molecule has 4 nitrogen and oxygen atoms in total. The van der Waals surface area contributed by atoms with Gasteiger partial charge in [0, 0.05) is 11.6 Å². The van der Waals surface area contributed by atoms with Crippen molar-refractivity contribution in [1.29, 1.82) is 0 Å². The molecular weight excluding hydrogens is 272 g/mol. The van der Waals surface area contributed by atoms with Crippen molar-refractivity contribution in [2.75, 3.05) is 6.54 Å². The second-order valence-corrected chi connectivity index (χ2v) is 6.14. The van der Waals surface area contributed by atoms with Gasteiger partial charge in [-0.05, 0) is 31.0 Å². The third-order valence-electron chi connectivity index (χ3n) is 2.46. The molecular formula is C12H13ClN2O2S. The third-order valence-corrected chi connectivity index (χ3v) is 4.46. The highest BCUT2D eigenvalue weighted by atomic mass is 35.5. The van der Waals surface area contributed by atoms with E-state index in [1.807, 2.05) is 0 Å². The Kier molecular flexibility index (Phi) is 3.93. The van der Waals surface area contributed by atoms with E-state index in [0.717, 1.165) is 12.8 Å². The lowest BCUT2D eigenvalue weighted by Crippen LogP contribution is -2.25. The van der Waals surface area contributed by atoms with Crippen molar-refractivity contribution >= 4 is 21.6 Å². The summed E-state index contributed by atoms with van der Waals surface area (Å²) in [6, 6.07) is 4.68. The maximum Gasteiger partial charge on any atom is 0.242 e. The second-order valence-electron chi connectivity index (χ2n) is 4.05. The standard InChI is InChI=1S/C12H13ClN2O2S/c13-11-8-9(2-1-7-14)3-6-12(11)18(16,17)15-10-4-5-10/h3,6,8,10,15H,4-5,7,14H2. The fourth-order valence-electron chi connectivity index (χ4n) is 1.43. The van der Waals surface area contributed by atoms with Crippen LogP contribution in [0.25, 0.3) is 0 Å². The molecule has 0 atom stereocenters. The van der Waals surface area contributed by atoms with Crippen LogP contribution in [0.3, 0.4) is 0 Å². The lowest BCUT2D eigenvalue weighted by molar-refractivity contribution is 0.581. The van der Waals surface area contributed by atoms with Gasteiger partial charge in [-0.25, -0.2) is 13.1 Å². The Hall–Kier alpha value is -1.06. The van der Waals surface area contributed by atoms with E-state index in [0.29, 0.717) is 5.56 Å². The topological polar surface area (TPSA) is 72.2 Å². The summed E-state index contributed by atoms with van der Waals surface area (Å²) in [6.45, 7) is 0.251. The molecule has 96 valence electrons. The van der Waals surface area contributed by atoms with Crippen molar-refractivity contribution < 1.29 is 8.42 Å². The summed E-state index contributed by atoms with van der Waals surface area (Å²) in [5, 5.41) is 0.173. The van der Waals surface area contributed by atoms with E-state index in [9.17, 15) is 8.42 Å². The van der Waals surface area contributed by atoms with Gasteiger partial charge in [0.25, 0.3) is 0 Å². The maximum atomic E-state index is 12.0. The first kappa shape index (κ1) is 13.4. The number of nitrogens with two attached hydrogens (primary N) is 1. The first-order valence-corrected chi connectivity index (χ1v) is 7.40. The molecule has 1 aliphatic rings. The van der Waals surface area contributed by atoms with E-state index in [4.69, 9.17) is 17.3 Å². The van der Waals surface area contributed by atoms with Crippen molar-refractivity contribution in [3.63, 3.8) is 0 Å². The summed E-state index contributed by atoms with van der Waals surface area (Å²) in [7, 11) is -3.52. The predicted octanol–water partition coefficient (Wildman–Crippen LogP) is 1.09. The zero-order valence-electron chi connectivity index (χ0n) is 9.61. The van der Waals surface area contributed by atoms with Gasteiger partial charge in [-0.1, -0.05) is 23.4 Å². The quantitative estimate of drug-likeness (QED) is 0.816. The molecule has 18 heavy (non-hydrogen) atoms. The number of benzene rings is 1. The highest BCUT2D eigenvalue weighted by Crippen LogP contribution is 2.26. The van der Waals surface area contributed by atoms with Gasteiger partial charge in [0.1, 0.15) is 4.90 Å². The van der Waals surface area contributed by atoms with E-state index in [-0.39, 0.29) is 22.5 Å². The molecule has 0 unspecified atom stereocenters. The Morgan fingerprint density at radius 2 is 2.17 bits per heavy atom. The Morgan fingerprint density at radius 3 is 2.72 bits per heavy atom. The fourth-order valence-corrected chi connectivity index (χ4v) is 3.28. The van der Waals surface area contributed by atoms with E-state index in [1.54, 1.807) is 6.07 Å². The van der Waals surface area contributed by atoms with Crippen molar-refractivity contribution in [3.8, 4) is 11.8 Å². The molecule has 0 amide bonds. The highest BCUT2D eigenvalue weighted by Gasteiger charge is 2.29. The lowest BCUT2D eigenvalue weighted by atomic mass is 10.2. The Morgan fingerprint density at radius 1 is 1.44 bits per heavy atom. The summed E-state index contributed by atoms with van der Waals surface area (Å²) in [6.07, 6.45) is 1.77. The highest BCUT2D eigenvalue weighted by molar-refractivity contribution is 7.89. The largest absolute Gasteiger partial charge is 0.320 e. The van der Waals surface area contributed by atoms with Gasteiger partial charge in [-0.3, -0.25) is 0 Å². The van der Waals surface area contributed by atoms with Crippen LogP contribution in [-0.2, 0) is 10.0 Å². The average Bonchev–Trinajstić information content (AvgIpc) is 3.09. The smallest absolute Gasteiger partial charge is 0.242 e. The first-order valence-electron chi connectivity index (χ1n) is 5.54. The van der Waals surface area contributed by atoms with Crippen LogP contribution >= 0.6 is 11.6 Å². The molecule has 0 spiro atoms. The fraction of sp³-hybridized carbons (Fsp3) is 0.333. The van der Waals surface area contributed by atoms with Crippen molar-refractivity contribution in [1.82, 2.24) is 4.72 Å². The molecule has 6 heteroatoms. The van der Waals surface area contributed by atoms with Crippen LogP contribution in [0, 0.1) is 11.8 Å². The summed E-state index contributed by atoms with van der Waals surface area (Å²) < 4.78 is 26.5. The Bertz CT molecular complexity index is 613. The van der Waals surface area contributed by atoms with Gasteiger partial charge in [-0.2, -0.15) is 0 Å². The molecule has 1 saturated carbocycles. The zero-order valence-corrected chi connectivity index (χ0v) is 11.2. The SMILES string of the molecule is NCC#Cc1ccc(S(=O)(=O)NC2CC2)c(Cl)c1. The molecule has 0 bridgehead atoms. The molecule has 3 N–H and O–H groups in total. The molecule has 1 aromatic rings. The number of rotatable bonds is 3. The van der Waals surface area contributed by atoms with E-state index in [2.05, 4.69) is 16.6 Å². The maximum absolute atomic E-state index is 12.0. The number of hydrogen-bond acceptors (Lipinski definition) is 3. The van der Waals surface area contributed by atoms with E-state index in [1.165, 1.54) is 12.1 Å². The van der Waals surface area contributed by atoms with Crippen LogP contribution in [0.15, 0.2) is 23.1 Å². The monoisotopic (exact) mass is 284 g/mol. The number of nitrogens with one attached hydrogen (secondary N) is 1. The van der Waals surface area contributed by atoms with Crippen LogP contribution in [-0.4, -0.2) is 21.0 Å². The van der Waals surface area contributed by atoms with Crippen LogP contribution < -0.4 is 10.5 Å². The number of hydrogen-bond donors (Lipinski definition) is 2. The first-order chi connectivity index (χ1) is 8.53. The van der Waals surface area contributed by atoms with Crippen LogP contribution in [0.2, 0.25) is 5.02 Å². The van der Waals surface area contributed by atoms with Gasteiger partial charge >= 0.3 is 0 Å². The van der Waals surface area contributed by atoms with Gasteiger partial charge in [-0.15, -0.1) is 0 Å². The minimum absolute atomic E-state index is 0.0581. The Balaban J connectivity index is 2.28. The summed E-state index contributed by atoms with van der Waals surface area (Å²) >= 11 is 5.98. The molecule has 0 heterocycles. The van der Waals surface area contributed by atoms with Crippen molar-refractivity contribution in [3.05, 3.63) is 28.8 Å². The minimum atomic E-state index is -3.52. The summed E-state index contributed by atoms with van der Waals surface area (Å²) in [4.78, 5) is 0.0920. The molecule has 0 saturated heterocycles. The zero-order chi connectivity index (χ0) is 13.2. The normalized spacial score (nSPS) is 15.0. The van der Waals surface area contributed by atoms with Crippen molar-refractivity contribution in [2.24, 2.45) is 5.73 Å².